The molecule has 1 aromatic rings. The quantitative estimate of drug-likeness (QED) is 0.870. The van der Waals surface area contributed by atoms with Crippen LogP contribution in [0.4, 0.5) is 9.59 Å². The van der Waals surface area contributed by atoms with E-state index in [2.05, 4.69) is 0 Å². The topological polar surface area (TPSA) is 76.6 Å². The lowest BCUT2D eigenvalue weighted by Gasteiger charge is -2.57. The number of methoxy groups -OCH3 is 1. The van der Waals surface area contributed by atoms with Crippen molar-refractivity contribution >= 4 is 12.1 Å². The molecule has 0 bridgehead atoms. The first-order valence-electron chi connectivity index (χ1n) is 8.56. The lowest BCUT2D eigenvalue weighted by molar-refractivity contribution is -0.0652. The molecule has 4 atom stereocenters. The van der Waals surface area contributed by atoms with Gasteiger partial charge in [-0.25, -0.2) is 9.59 Å². The highest BCUT2D eigenvalue weighted by Crippen LogP contribution is 2.44. The van der Waals surface area contributed by atoms with Crippen LogP contribution in [0.15, 0.2) is 18.2 Å². The van der Waals surface area contributed by atoms with Crippen LogP contribution in [0, 0.1) is 5.92 Å². The van der Waals surface area contributed by atoms with Gasteiger partial charge in [0.15, 0.2) is 11.5 Å². The molecule has 1 N–H and O–H groups in total. The zero-order valence-corrected chi connectivity index (χ0v) is 16.0. The molecule has 0 unspecified atom stereocenters. The molecule has 142 valence electrons. The molecule has 3 rings (SSSR count). The van der Waals surface area contributed by atoms with Gasteiger partial charge in [-0.15, -0.1) is 0 Å². The Morgan fingerprint density at radius 2 is 1.54 bits per heavy atom. The Kier molecular flexibility index (Phi) is 4.37. The van der Waals surface area contributed by atoms with E-state index in [-0.39, 0.29) is 42.0 Å². The highest BCUT2D eigenvalue weighted by molar-refractivity contribution is 5.80. The maximum Gasteiger partial charge on any atom is 0.321 e. The number of phenolic OH excluding ortho intramolecular Hbond substituents is 1. The standard InChI is InChI=1S/C18H26N4O4/c1-10-14-15(11-7-8-12(23)13(9-11)26-6)20(3)18(25)22(5)16(14)21(4)17(24)19(10)2/h7-10,14-16,23H,1-6H3/t10-,14-,15+,16-/m1/s1. The van der Waals surface area contributed by atoms with Gasteiger partial charge in [-0.05, 0) is 24.6 Å². The van der Waals surface area contributed by atoms with Crippen LogP contribution < -0.4 is 4.74 Å². The lowest BCUT2D eigenvalue weighted by atomic mass is 9.80. The van der Waals surface area contributed by atoms with Crippen LogP contribution in [0.1, 0.15) is 18.5 Å². The SMILES string of the molecule is COc1cc([C@H]2[C@@H]3[C@H](N(C)C(=O)N(C)[C@@H]3C)N(C)C(=O)N2C)ccc1O. The number of benzene rings is 1. The molecule has 0 aliphatic carbocycles. The molecule has 2 aliphatic heterocycles. The zero-order valence-electron chi connectivity index (χ0n) is 16.0. The van der Waals surface area contributed by atoms with Crippen molar-refractivity contribution in [3.05, 3.63) is 23.8 Å². The molecule has 1 aromatic carbocycles. The van der Waals surface area contributed by atoms with E-state index in [4.69, 9.17) is 4.74 Å². The second kappa shape index (κ2) is 6.26. The highest BCUT2D eigenvalue weighted by Gasteiger charge is 2.54. The van der Waals surface area contributed by atoms with Gasteiger partial charge in [0.1, 0.15) is 6.17 Å². The number of ether oxygens (including phenoxy) is 1. The number of phenols is 1. The minimum atomic E-state index is -0.345. The third-order valence-electron chi connectivity index (χ3n) is 5.84. The summed E-state index contributed by atoms with van der Waals surface area (Å²) in [5, 5.41) is 9.92. The van der Waals surface area contributed by atoms with Crippen LogP contribution in [0.5, 0.6) is 11.5 Å². The van der Waals surface area contributed by atoms with Crippen LogP contribution in [0.25, 0.3) is 0 Å². The zero-order chi connectivity index (χ0) is 19.3. The summed E-state index contributed by atoms with van der Waals surface area (Å²) in [5.74, 6) is 0.375. The Labute approximate surface area is 153 Å². The third-order valence-corrected chi connectivity index (χ3v) is 5.84. The minimum absolute atomic E-state index is 0.0374. The van der Waals surface area contributed by atoms with Crippen molar-refractivity contribution in [1.29, 1.82) is 0 Å². The average molecular weight is 362 g/mol. The Balaban J connectivity index is 2.13. The van der Waals surface area contributed by atoms with Crippen LogP contribution in [0.2, 0.25) is 0 Å². The fourth-order valence-corrected chi connectivity index (χ4v) is 4.31. The fraction of sp³-hybridized carbons (Fsp3) is 0.556. The Morgan fingerprint density at radius 1 is 0.962 bits per heavy atom. The summed E-state index contributed by atoms with van der Waals surface area (Å²) in [5.41, 5.74) is 0.863. The van der Waals surface area contributed by atoms with E-state index in [0.29, 0.717) is 5.75 Å². The van der Waals surface area contributed by atoms with Gasteiger partial charge in [-0.2, -0.15) is 0 Å². The van der Waals surface area contributed by atoms with Gasteiger partial charge in [-0.1, -0.05) is 6.07 Å². The molecule has 4 amide bonds. The second-order valence-corrected chi connectivity index (χ2v) is 7.12. The van der Waals surface area contributed by atoms with Crippen molar-refractivity contribution in [3.8, 4) is 11.5 Å². The molecule has 8 heteroatoms. The van der Waals surface area contributed by atoms with Gasteiger partial charge < -0.3 is 29.4 Å². The molecular weight excluding hydrogens is 336 g/mol. The molecule has 2 fully saturated rings. The van der Waals surface area contributed by atoms with E-state index in [1.54, 1.807) is 66.0 Å². The van der Waals surface area contributed by atoms with E-state index in [9.17, 15) is 14.7 Å². The van der Waals surface area contributed by atoms with Gasteiger partial charge in [-0.3, -0.25) is 0 Å². The maximum atomic E-state index is 12.8. The van der Waals surface area contributed by atoms with E-state index in [1.165, 1.54) is 7.11 Å². The molecule has 0 spiro atoms. The first kappa shape index (κ1) is 18.2. The maximum absolute atomic E-state index is 12.8. The number of fused-ring (bicyclic) bond motifs is 1. The van der Waals surface area contributed by atoms with Crippen molar-refractivity contribution < 1.29 is 19.4 Å². The van der Waals surface area contributed by atoms with Crippen molar-refractivity contribution in [1.82, 2.24) is 19.6 Å². The Morgan fingerprint density at radius 3 is 2.12 bits per heavy atom. The number of carbonyl (C=O) groups excluding carboxylic acids is 2. The smallest absolute Gasteiger partial charge is 0.321 e. The summed E-state index contributed by atoms with van der Waals surface area (Å²) < 4.78 is 5.24. The second-order valence-electron chi connectivity index (χ2n) is 7.12. The predicted octanol–water partition coefficient (Wildman–Crippen LogP) is 1.77. The first-order chi connectivity index (χ1) is 12.2. The van der Waals surface area contributed by atoms with Gasteiger partial charge >= 0.3 is 12.1 Å². The summed E-state index contributed by atoms with van der Waals surface area (Å²) in [6, 6.07) is 4.54. The summed E-state index contributed by atoms with van der Waals surface area (Å²) in [4.78, 5) is 32.1. The summed E-state index contributed by atoms with van der Waals surface area (Å²) >= 11 is 0. The van der Waals surface area contributed by atoms with Gasteiger partial charge in [0.2, 0.25) is 0 Å². The number of amides is 4. The number of nitrogens with zero attached hydrogens (tertiary/aromatic N) is 4. The van der Waals surface area contributed by atoms with Crippen molar-refractivity contribution in [2.75, 3.05) is 35.3 Å². The largest absolute Gasteiger partial charge is 0.504 e. The Hall–Kier alpha value is -2.64. The molecule has 0 saturated carbocycles. The molecule has 0 radical (unpaired) electrons. The van der Waals surface area contributed by atoms with Gasteiger partial charge in [0.25, 0.3) is 0 Å². The van der Waals surface area contributed by atoms with Crippen LogP contribution in [-0.2, 0) is 0 Å². The van der Waals surface area contributed by atoms with E-state index < -0.39 is 0 Å². The summed E-state index contributed by atoms with van der Waals surface area (Å²) in [7, 11) is 8.50. The van der Waals surface area contributed by atoms with Crippen LogP contribution in [-0.4, -0.2) is 84.3 Å². The number of carbonyl (C=O) groups is 2. The van der Waals surface area contributed by atoms with Crippen LogP contribution >= 0.6 is 0 Å². The number of aromatic hydroxyl groups is 1. The molecule has 26 heavy (non-hydrogen) atoms. The van der Waals surface area contributed by atoms with Gasteiger partial charge in [0, 0.05) is 40.2 Å². The summed E-state index contributed by atoms with van der Waals surface area (Å²) in [6.07, 6.45) is -0.345. The van der Waals surface area contributed by atoms with Crippen molar-refractivity contribution in [3.63, 3.8) is 0 Å². The van der Waals surface area contributed by atoms with Crippen molar-refractivity contribution in [2.24, 2.45) is 5.92 Å². The van der Waals surface area contributed by atoms with Gasteiger partial charge in [0.05, 0.1) is 13.2 Å². The molecular formula is C18H26N4O4. The average Bonchev–Trinajstić information content (AvgIpc) is 2.63. The molecule has 0 aromatic heterocycles. The molecule has 8 nitrogen and oxygen atoms in total. The predicted molar refractivity (Wildman–Crippen MR) is 96.0 cm³/mol. The number of hydrogen-bond donors (Lipinski definition) is 1. The normalized spacial score (nSPS) is 29.2. The van der Waals surface area contributed by atoms with E-state index in [1.807, 2.05) is 6.92 Å². The van der Waals surface area contributed by atoms with Crippen LogP contribution in [0.3, 0.4) is 0 Å². The monoisotopic (exact) mass is 362 g/mol. The van der Waals surface area contributed by atoms with Crippen molar-refractivity contribution in [2.45, 2.75) is 25.2 Å². The van der Waals surface area contributed by atoms with E-state index in [0.717, 1.165) is 5.56 Å². The highest BCUT2D eigenvalue weighted by atomic mass is 16.5. The molecule has 2 aliphatic rings. The third kappa shape index (κ3) is 2.43. The first-order valence-corrected chi connectivity index (χ1v) is 8.56. The van der Waals surface area contributed by atoms with E-state index >= 15 is 0 Å². The molecule has 2 heterocycles. The fourth-order valence-electron chi connectivity index (χ4n) is 4.31. The lowest BCUT2D eigenvalue weighted by Crippen LogP contribution is -2.71. The number of hydrogen-bond acceptors (Lipinski definition) is 4. The number of urea groups is 2. The Bertz CT molecular complexity index is 736. The summed E-state index contributed by atoms with van der Waals surface area (Å²) in [6.45, 7) is 2.00. The number of rotatable bonds is 2. The minimum Gasteiger partial charge on any atom is -0.504 e. The molecule has 2 saturated heterocycles.